The van der Waals surface area contributed by atoms with Crippen LogP contribution in [0.2, 0.25) is 0 Å². The number of unbranched alkanes of at least 4 members (excludes halogenated alkanes) is 7. The van der Waals surface area contributed by atoms with Gasteiger partial charge in [-0.25, -0.2) is 0 Å². The molecule has 0 spiro atoms. The van der Waals surface area contributed by atoms with Crippen LogP contribution < -0.4 is 0 Å². The maximum atomic E-state index is 12.4. The van der Waals surface area contributed by atoms with E-state index in [0.717, 1.165) is 19.3 Å². The van der Waals surface area contributed by atoms with Crippen LogP contribution in [0.25, 0.3) is 5.76 Å². The minimum Gasteiger partial charge on any atom is -0.507 e. The molecule has 136 valence electrons. The molecule has 0 saturated carbocycles. The van der Waals surface area contributed by atoms with Gasteiger partial charge in [0.05, 0.1) is 0 Å². The fourth-order valence-electron chi connectivity index (χ4n) is 3.57. The average Bonchev–Trinajstić information content (AvgIpc) is 2.62. The van der Waals surface area contributed by atoms with Gasteiger partial charge in [0.2, 0.25) is 11.6 Å². The summed E-state index contributed by atoms with van der Waals surface area (Å²) in [7, 11) is 0. The predicted molar refractivity (Wildman–Crippen MR) is 102 cm³/mol. The number of benzene rings is 1. The summed E-state index contributed by atoms with van der Waals surface area (Å²) in [4.78, 5) is 24.7. The number of carbonyl (C=O) groups excluding carboxylic acids is 2. The molecular weight excluding hydrogens is 312 g/mol. The van der Waals surface area contributed by atoms with Crippen molar-refractivity contribution in [2.75, 3.05) is 0 Å². The highest BCUT2D eigenvalue weighted by Gasteiger charge is 2.34. The lowest BCUT2D eigenvalue weighted by Crippen LogP contribution is -2.27. The highest BCUT2D eigenvalue weighted by atomic mass is 16.3. The molecule has 3 nitrogen and oxygen atoms in total. The Labute approximate surface area is 151 Å². The highest BCUT2D eigenvalue weighted by Crippen LogP contribution is 2.33. The Morgan fingerprint density at radius 1 is 0.840 bits per heavy atom. The Hall–Kier alpha value is -1.90. The fraction of sp³-hybridized carbons (Fsp3) is 0.545. The van der Waals surface area contributed by atoms with Gasteiger partial charge in [-0.05, 0) is 12.3 Å². The van der Waals surface area contributed by atoms with Crippen LogP contribution in [0.4, 0.5) is 0 Å². The van der Waals surface area contributed by atoms with Crippen molar-refractivity contribution in [1.29, 1.82) is 0 Å². The van der Waals surface area contributed by atoms with E-state index in [1.165, 1.54) is 38.5 Å². The van der Waals surface area contributed by atoms with E-state index < -0.39 is 11.6 Å². The summed E-state index contributed by atoms with van der Waals surface area (Å²) in [6.45, 7) is 4.16. The van der Waals surface area contributed by atoms with E-state index in [1.807, 2.05) is 6.92 Å². The molecule has 1 N–H and O–H groups in total. The topological polar surface area (TPSA) is 54.4 Å². The zero-order valence-corrected chi connectivity index (χ0v) is 15.5. The molecule has 2 rings (SSSR count). The first-order chi connectivity index (χ1) is 12.1. The quantitative estimate of drug-likeness (QED) is 0.426. The second-order valence-electron chi connectivity index (χ2n) is 7.13. The Kier molecular flexibility index (Phi) is 7.42. The van der Waals surface area contributed by atoms with E-state index in [0.29, 0.717) is 16.7 Å². The number of fused-ring (bicyclic) bond motifs is 1. The summed E-state index contributed by atoms with van der Waals surface area (Å²) in [5.41, 5.74) is 1.10. The molecule has 1 aliphatic carbocycles. The average molecular weight is 342 g/mol. The summed E-state index contributed by atoms with van der Waals surface area (Å²) >= 11 is 0. The molecular formula is C22H30O3. The third-order valence-corrected chi connectivity index (χ3v) is 5.12. The number of allylic oxidation sites excluding steroid dienone is 1. The van der Waals surface area contributed by atoms with Crippen LogP contribution in [0.3, 0.4) is 0 Å². The normalized spacial score (nSPS) is 15.4. The molecule has 0 aromatic heterocycles. The Morgan fingerprint density at radius 2 is 1.40 bits per heavy atom. The first kappa shape index (κ1) is 19.4. The van der Waals surface area contributed by atoms with Crippen molar-refractivity contribution >= 4 is 17.3 Å². The number of hydrogen-bond acceptors (Lipinski definition) is 3. The zero-order valence-electron chi connectivity index (χ0n) is 15.5. The number of Topliss-reactive ketones (excluding diaryl/α,β-unsaturated/α-hetero) is 2. The third kappa shape index (κ3) is 4.81. The number of carbonyl (C=O) groups is 2. The second kappa shape index (κ2) is 9.55. The number of hydrogen-bond donors (Lipinski definition) is 1. The second-order valence-corrected chi connectivity index (χ2v) is 7.13. The van der Waals surface area contributed by atoms with Gasteiger partial charge in [-0.1, -0.05) is 89.5 Å². The van der Waals surface area contributed by atoms with Gasteiger partial charge in [0.25, 0.3) is 0 Å². The molecule has 1 atom stereocenters. The molecule has 0 amide bonds. The number of aliphatic hydroxyl groups excluding tert-OH is 1. The summed E-state index contributed by atoms with van der Waals surface area (Å²) < 4.78 is 0. The molecule has 1 unspecified atom stereocenters. The Balaban J connectivity index is 1.89. The largest absolute Gasteiger partial charge is 0.507 e. The van der Waals surface area contributed by atoms with Crippen LogP contribution in [-0.4, -0.2) is 16.7 Å². The number of ketones is 2. The first-order valence-electron chi connectivity index (χ1n) is 9.69. The van der Waals surface area contributed by atoms with E-state index in [9.17, 15) is 14.7 Å². The lowest BCUT2D eigenvalue weighted by atomic mass is 9.81. The van der Waals surface area contributed by atoms with Gasteiger partial charge in [0.1, 0.15) is 5.76 Å². The fourth-order valence-corrected chi connectivity index (χ4v) is 3.57. The van der Waals surface area contributed by atoms with Crippen molar-refractivity contribution in [3.05, 3.63) is 41.0 Å². The molecule has 0 bridgehead atoms. The summed E-state index contributed by atoms with van der Waals surface area (Å²) in [6, 6.07) is 6.80. The van der Waals surface area contributed by atoms with E-state index >= 15 is 0 Å². The van der Waals surface area contributed by atoms with Gasteiger partial charge in [-0.15, -0.1) is 0 Å². The van der Waals surface area contributed by atoms with Crippen LogP contribution in [0, 0.1) is 5.92 Å². The van der Waals surface area contributed by atoms with Crippen molar-refractivity contribution in [3.63, 3.8) is 0 Å². The van der Waals surface area contributed by atoms with E-state index in [-0.39, 0.29) is 11.7 Å². The van der Waals surface area contributed by atoms with Crippen LogP contribution in [-0.2, 0) is 4.79 Å². The first-order valence-corrected chi connectivity index (χ1v) is 9.69. The van der Waals surface area contributed by atoms with Gasteiger partial charge in [0.15, 0.2) is 0 Å². The molecule has 0 aliphatic heterocycles. The standard InChI is InChI=1S/C22H30O3/c1-3-4-5-6-7-8-9-10-13-16(2)19-20(23)17-14-11-12-15-18(17)21(24)22(19)25/h11-12,14-16,23H,3-10,13H2,1-2H3. The predicted octanol–water partition coefficient (Wildman–Crippen LogP) is 5.89. The van der Waals surface area contributed by atoms with Crippen molar-refractivity contribution in [2.45, 2.75) is 71.6 Å². The SMILES string of the molecule is CCCCCCCCCCC(C)C1=C(O)c2ccccc2C(=O)C1=O. The monoisotopic (exact) mass is 342 g/mol. The number of rotatable bonds is 10. The minimum atomic E-state index is -0.539. The van der Waals surface area contributed by atoms with Crippen LogP contribution in [0.15, 0.2) is 29.8 Å². The van der Waals surface area contributed by atoms with Crippen LogP contribution in [0.1, 0.15) is 87.6 Å². The molecule has 25 heavy (non-hydrogen) atoms. The number of aliphatic hydroxyl groups is 1. The van der Waals surface area contributed by atoms with Crippen LogP contribution in [0.5, 0.6) is 0 Å². The summed E-state index contributed by atoms with van der Waals surface area (Å²) in [5.74, 6) is -1.13. The maximum Gasteiger partial charge on any atom is 0.234 e. The maximum absolute atomic E-state index is 12.4. The van der Waals surface area contributed by atoms with Gasteiger partial charge < -0.3 is 5.11 Å². The van der Waals surface area contributed by atoms with Crippen molar-refractivity contribution in [2.24, 2.45) is 5.92 Å². The van der Waals surface area contributed by atoms with Crippen molar-refractivity contribution < 1.29 is 14.7 Å². The van der Waals surface area contributed by atoms with Crippen molar-refractivity contribution in [3.8, 4) is 0 Å². The van der Waals surface area contributed by atoms with Gasteiger partial charge >= 0.3 is 0 Å². The smallest absolute Gasteiger partial charge is 0.234 e. The molecule has 0 radical (unpaired) electrons. The van der Waals surface area contributed by atoms with Gasteiger partial charge in [-0.3, -0.25) is 9.59 Å². The minimum absolute atomic E-state index is 0.00716. The molecule has 1 aromatic carbocycles. The van der Waals surface area contributed by atoms with E-state index in [4.69, 9.17) is 0 Å². The molecule has 0 heterocycles. The van der Waals surface area contributed by atoms with Crippen molar-refractivity contribution in [1.82, 2.24) is 0 Å². The third-order valence-electron chi connectivity index (χ3n) is 5.12. The molecule has 1 aromatic rings. The Bertz CT molecular complexity index is 642. The summed E-state index contributed by atoms with van der Waals surface area (Å²) in [6.07, 6.45) is 10.7. The summed E-state index contributed by atoms with van der Waals surface area (Å²) in [5, 5.41) is 10.5. The molecule has 1 aliphatic rings. The van der Waals surface area contributed by atoms with E-state index in [2.05, 4.69) is 6.92 Å². The Morgan fingerprint density at radius 3 is 2.04 bits per heavy atom. The van der Waals surface area contributed by atoms with Crippen LogP contribution >= 0.6 is 0 Å². The lowest BCUT2D eigenvalue weighted by molar-refractivity contribution is -0.112. The van der Waals surface area contributed by atoms with E-state index in [1.54, 1.807) is 24.3 Å². The molecule has 0 saturated heterocycles. The molecule has 3 heteroatoms. The lowest BCUT2D eigenvalue weighted by Gasteiger charge is -2.22. The van der Waals surface area contributed by atoms with Gasteiger partial charge in [-0.2, -0.15) is 0 Å². The molecule has 0 fully saturated rings. The zero-order chi connectivity index (χ0) is 18.2. The van der Waals surface area contributed by atoms with Gasteiger partial charge in [0, 0.05) is 16.7 Å². The highest BCUT2D eigenvalue weighted by molar-refractivity contribution is 6.52.